The molecule has 1 unspecified atom stereocenters. The molecular formula is C27H25N3O3. The average molecular weight is 440 g/mol. The van der Waals surface area contributed by atoms with Crippen LogP contribution in [-0.2, 0) is 11.3 Å². The lowest BCUT2D eigenvalue weighted by Crippen LogP contribution is -2.49. The zero-order chi connectivity index (χ0) is 22.5. The minimum atomic E-state index is -0.845. The Kier molecular flexibility index (Phi) is 4.69. The molecule has 2 aliphatic rings. The van der Waals surface area contributed by atoms with Crippen molar-refractivity contribution in [2.24, 2.45) is 5.92 Å². The van der Waals surface area contributed by atoms with Gasteiger partial charge in [-0.15, -0.1) is 0 Å². The number of nitrogens with one attached hydrogen (secondary N) is 1. The number of benzene rings is 2. The second-order valence-electron chi connectivity index (χ2n) is 9.22. The SMILES string of the molecule is O=C(O)C(c1c(-c2ccccc2)[nH]c2ccccc12)N1C[C@H]2C[C@H](C1)c1cccc(=O)n1C2. The summed E-state index contributed by atoms with van der Waals surface area (Å²) in [6.45, 7) is 1.92. The number of aliphatic carboxylic acids is 1. The molecule has 2 bridgehead atoms. The Morgan fingerprint density at radius 1 is 0.939 bits per heavy atom. The van der Waals surface area contributed by atoms with Crippen LogP contribution in [0, 0.1) is 5.92 Å². The van der Waals surface area contributed by atoms with Gasteiger partial charge in [0.05, 0.1) is 5.69 Å². The molecule has 2 aliphatic heterocycles. The van der Waals surface area contributed by atoms with E-state index in [1.54, 1.807) is 6.07 Å². The summed E-state index contributed by atoms with van der Waals surface area (Å²) in [6, 6.07) is 22.5. The number of carboxylic acid groups (broad SMARTS) is 1. The van der Waals surface area contributed by atoms with Gasteiger partial charge in [0.1, 0.15) is 6.04 Å². The molecule has 0 amide bonds. The summed E-state index contributed by atoms with van der Waals surface area (Å²) in [5.41, 5.74) is 4.64. The third-order valence-electron chi connectivity index (χ3n) is 7.19. The van der Waals surface area contributed by atoms with Crippen molar-refractivity contribution in [1.82, 2.24) is 14.5 Å². The highest BCUT2D eigenvalue weighted by Crippen LogP contribution is 2.42. The van der Waals surface area contributed by atoms with E-state index in [0.29, 0.717) is 19.6 Å². The zero-order valence-corrected chi connectivity index (χ0v) is 18.1. The van der Waals surface area contributed by atoms with Crippen LogP contribution in [0.4, 0.5) is 0 Å². The molecule has 1 fully saturated rings. The van der Waals surface area contributed by atoms with Gasteiger partial charge < -0.3 is 14.7 Å². The minimum Gasteiger partial charge on any atom is -0.480 e. The first-order chi connectivity index (χ1) is 16.1. The van der Waals surface area contributed by atoms with E-state index in [0.717, 1.165) is 39.8 Å². The second kappa shape index (κ2) is 7.74. The number of carbonyl (C=O) groups is 1. The molecule has 0 saturated carbocycles. The molecule has 2 aromatic carbocycles. The standard InChI is InChI=1S/C27H25N3O3/c31-23-12-6-11-22-19-13-17(15-30(22)23)14-29(16-19)26(27(32)33)24-20-9-4-5-10-21(20)28-25(24)18-7-2-1-3-8-18/h1-12,17,19,26,28H,13-16H2,(H,32,33)/t17-,19-,26?/m1/s1. The number of H-pyrrole nitrogens is 1. The number of rotatable bonds is 4. The fraction of sp³-hybridized carbons (Fsp3) is 0.259. The Bertz CT molecular complexity index is 1410. The van der Waals surface area contributed by atoms with E-state index in [9.17, 15) is 14.7 Å². The Hall–Kier alpha value is -3.64. The summed E-state index contributed by atoms with van der Waals surface area (Å²) in [5.74, 6) is -0.440. The largest absolute Gasteiger partial charge is 0.480 e. The van der Waals surface area contributed by atoms with Gasteiger partial charge in [0.2, 0.25) is 0 Å². The predicted molar refractivity (Wildman–Crippen MR) is 127 cm³/mol. The highest BCUT2D eigenvalue weighted by molar-refractivity contribution is 5.95. The van der Waals surface area contributed by atoms with Gasteiger partial charge in [0.25, 0.3) is 5.56 Å². The first-order valence-corrected chi connectivity index (χ1v) is 11.4. The van der Waals surface area contributed by atoms with Crippen LogP contribution in [0.15, 0.2) is 77.6 Å². The number of piperidine rings is 1. The first-order valence-electron chi connectivity index (χ1n) is 11.4. The zero-order valence-electron chi connectivity index (χ0n) is 18.1. The van der Waals surface area contributed by atoms with Crippen molar-refractivity contribution < 1.29 is 9.90 Å². The first kappa shape index (κ1) is 20.0. The molecule has 33 heavy (non-hydrogen) atoms. The molecule has 6 heteroatoms. The van der Waals surface area contributed by atoms with E-state index in [4.69, 9.17) is 0 Å². The van der Waals surface area contributed by atoms with Crippen molar-refractivity contribution in [1.29, 1.82) is 0 Å². The third-order valence-corrected chi connectivity index (χ3v) is 7.19. The van der Waals surface area contributed by atoms with E-state index in [-0.39, 0.29) is 17.4 Å². The molecule has 0 aliphatic carbocycles. The fourth-order valence-corrected chi connectivity index (χ4v) is 5.89. The lowest BCUT2D eigenvalue weighted by atomic mass is 9.81. The number of nitrogens with zero attached hydrogens (tertiary/aromatic N) is 2. The number of aromatic nitrogens is 2. The Morgan fingerprint density at radius 2 is 1.73 bits per heavy atom. The minimum absolute atomic E-state index is 0.0356. The Labute approximate surface area is 191 Å². The summed E-state index contributed by atoms with van der Waals surface area (Å²) in [5, 5.41) is 11.5. The molecule has 0 spiro atoms. The van der Waals surface area contributed by atoms with Crippen LogP contribution in [0.5, 0.6) is 0 Å². The number of likely N-dealkylation sites (tertiary alicyclic amines) is 1. The van der Waals surface area contributed by atoms with Crippen LogP contribution >= 0.6 is 0 Å². The van der Waals surface area contributed by atoms with Crippen LogP contribution in [0.1, 0.15) is 29.6 Å². The van der Waals surface area contributed by atoms with Crippen molar-refractivity contribution in [3.05, 3.63) is 94.4 Å². The number of para-hydroxylation sites is 1. The predicted octanol–water partition coefficient (Wildman–Crippen LogP) is 4.24. The molecule has 2 aromatic heterocycles. The maximum atomic E-state index is 12.8. The maximum absolute atomic E-state index is 12.8. The smallest absolute Gasteiger partial charge is 0.325 e. The van der Waals surface area contributed by atoms with Crippen LogP contribution in [-0.4, -0.2) is 38.6 Å². The second-order valence-corrected chi connectivity index (χ2v) is 9.22. The van der Waals surface area contributed by atoms with Crippen LogP contribution in [0.3, 0.4) is 0 Å². The van der Waals surface area contributed by atoms with Gasteiger partial charge in [-0.2, -0.15) is 0 Å². The summed E-state index contributed by atoms with van der Waals surface area (Å²) >= 11 is 0. The number of hydrogen-bond acceptors (Lipinski definition) is 3. The lowest BCUT2D eigenvalue weighted by molar-refractivity contribution is -0.144. The summed E-state index contributed by atoms with van der Waals surface area (Å²) in [7, 11) is 0. The van der Waals surface area contributed by atoms with Crippen LogP contribution in [0.25, 0.3) is 22.2 Å². The van der Waals surface area contributed by atoms with Crippen LogP contribution < -0.4 is 5.56 Å². The molecular weight excluding hydrogens is 414 g/mol. The number of pyridine rings is 1. The molecule has 6 rings (SSSR count). The maximum Gasteiger partial charge on any atom is 0.325 e. The molecule has 0 radical (unpaired) electrons. The topological polar surface area (TPSA) is 78.3 Å². The van der Waals surface area contributed by atoms with E-state index < -0.39 is 12.0 Å². The van der Waals surface area contributed by atoms with Gasteiger partial charge in [0, 0.05) is 53.8 Å². The molecule has 166 valence electrons. The monoisotopic (exact) mass is 439 g/mol. The van der Waals surface area contributed by atoms with Crippen molar-refractivity contribution in [3.63, 3.8) is 0 Å². The van der Waals surface area contributed by atoms with Gasteiger partial charge in [-0.25, -0.2) is 0 Å². The molecule has 4 heterocycles. The number of fused-ring (bicyclic) bond motifs is 5. The number of aromatic amines is 1. The van der Waals surface area contributed by atoms with Crippen molar-refractivity contribution >= 4 is 16.9 Å². The van der Waals surface area contributed by atoms with Crippen molar-refractivity contribution in [2.45, 2.75) is 24.9 Å². The number of carboxylic acids is 1. The van der Waals surface area contributed by atoms with E-state index in [1.807, 2.05) is 71.3 Å². The molecule has 6 nitrogen and oxygen atoms in total. The number of hydrogen-bond donors (Lipinski definition) is 2. The van der Waals surface area contributed by atoms with E-state index >= 15 is 0 Å². The highest BCUT2D eigenvalue weighted by atomic mass is 16.4. The quantitative estimate of drug-likeness (QED) is 0.499. The van der Waals surface area contributed by atoms with Gasteiger partial charge >= 0.3 is 5.97 Å². The van der Waals surface area contributed by atoms with Gasteiger partial charge in [-0.05, 0) is 30.0 Å². The van der Waals surface area contributed by atoms with Crippen molar-refractivity contribution in [2.75, 3.05) is 13.1 Å². The molecule has 4 aromatic rings. The lowest BCUT2D eigenvalue weighted by Gasteiger charge is -2.44. The van der Waals surface area contributed by atoms with Gasteiger partial charge in [0.15, 0.2) is 0 Å². The average Bonchev–Trinajstić information content (AvgIpc) is 3.20. The van der Waals surface area contributed by atoms with Gasteiger partial charge in [-0.1, -0.05) is 54.6 Å². The highest BCUT2D eigenvalue weighted by Gasteiger charge is 2.41. The van der Waals surface area contributed by atoms with Crippen molar-refractivity contribution in [3.8, 4) is 11.3 Å². The fourth-order valence-electron chi connectivity index (χ4n) is 5.89. The van der Waals surface area contributed by atoms with E-state index in [1.165, 1.54) is 0 Å². The van der Waals surface area contributed by atoms with Crippen LogP contribution in [0.2, 0.25) is 0 Å². The normalized spacial score (nSPS) is 21.0. The van der Waals surface area contributed by atoms with Gasteiger partial charge in [-0.3, -0.25) is 14.5 Å². The summed E-state index contributed by atoms with van der Waals surface area (Å²) < 4.78 is 1.88. The molecule has 2 N–H and O–H groups in total. The summed E-state index contributed by atoms with van der Waals surface area (Å²) in [6.07, 6.45) is 0.992. The van der Waals surface area contributed by atoms with E-state index in [2.05, 4.69) is 9.88 Å². The Balaban J connectivity index is 1.48. The summed E-state index contributed by atoms with van der Waals surface area (Å²) in [4.78, 5) is 30.8. The molecule has 1 saturated heterocycles. The molecule has 3 atom stereocenters. The Morgan fingerprint density at radius 3 is 2.55 bits per heavy atom. The third kappa shape index (κ3) is 3.29.